The van der Waals surface area contributed by atoms with Crippen LogP contribution in [0.1, 0.15) is 36.7 Å². The lowest BCUT2D eigenvalue weighted by molar-refractivity contribution is 0.183. The number of hydrogen-bond donors (Lipinski definition) is 2. The Kier molecular flexibility index (Phi) is 2.84. The zero-order valence-electron chi connectivity index (χ0n) is 8.53. The monoisotopic (exact) mass is 195 g/mol. The first-order valence-corrected chi connectivity index (χ1v) is 5.16. The number of likely N-dealkylation sites (tertiary alicyclic amines) is 1. The first-order valence-electron chi connectivity index (χ1n) is 5.16. The third kappa shape index (κ3) is 1.81. The van der Waals surface area contributed by atoms with Crippen LogP contribution in [0.25, 0.3) is 0 Å². The van der Waals surface area contributed by atoms with E-state index in [0.717, 1.165) is 17.9 Å². The second-order valence-corrected chi connectivity index (χ2v) is 3.97. The standard InChI is InChI=1S/C10H17N3O/c1-13-5-3-2-4-10(13)9-6-8(7-14)11-12-9/h6,10,14H,2-5,7H2,1H3,(H,11,12). The summed E-state index contributed by atoms with van der Waals surface area (Å²) in [7, 11) is 2.14. The minimum atomic E-state index is 0.0451. The predicted octanol–water partition coefficient (Wildman–Crippen LogP) is 1.06. The number of aliphatic hydroxyl groups excluding tert-OH is 1. The molecule has 1 aliphatic rings. The Balaban J connectivity index is 2.12. The number of aliphatic hydroxyl groups is 1. The van der Waals surface area contributed by atoms with E-state index < -0.39 is 0 Å². The van der Waals surface area contributed by atoms with E-state index in [0.29, 0.717) is 6.04 Å². The molecule has 1 aromatic heterocycles. The van der Waals surface area contributed by atoms with Crippen LogP contribution in [0.4, 0.5) is 0 Å². The summed E-state index contributed by atoms with van der Waals surface area (Å²) in [6, 6.07) is 2.40. The molecule has 0 saturated carbocycles. The maximum absolute atomic E-state index is 8.93. The van der Waals surface area contributed by atoms with E-state index in [9.17, 15) is 0 Å². The zero-order chi connectivity index (χ0) is 9.97. The molecule has 0 amide bonds. The molecule has 4 heteroatoms. The molecule has 1 fully saturated rings. The minimum Gasteiger partial charge on any atom is -0.390 e. The van der Waals surface area contributed by atoms with E-state index in [1.54, 1.807) is 0 Å². The molecule has 14 heavy (non-hydrogen) atoms. The third-order valence-electron chi connectivity index (χ3n) is 2.93. The fourth-order valence-electron chi connectivity index (χ4n) is 2.08. The summed E-state index contributed by atoms with van der Waals surface area (Å²) in [6.07, 6.45) is 3.73. The molecule has 0 radical (unpaired) electrons. The fourth-order valence-corrected chi connectivity index (χ4v) is 2.08. The largest absolute Gasteiger partial charge is 0.390 e. The Labute approximate surface area is 83.9 Å². The van der Waals surface area contributed by atoms with Crippen molar-refractivity contribution >= 4 is 0 Å². The normalized spacial score (nSPS) is 24.0. The third-order valence-corrected chi connectivity index (χ3v) is 2.93. The molecule has 0 bridgehead atoms. The van der Waals surface area contributed by atoms with Gasteiger partial charge < -0.3 is 5.11 Å². The van der Waals surface area contributed by atoms with Crippen LogP contribution in [0.5, 0.6) is 0 Å². The van der Waals surface area contributed by atoms with Gasteiger partial charge in [-0.05, 0) is 32.5 Å². The summed E-state index contributed by atoms with van der Waals surface area (Å²) < 4.78 is 0. The van der Waals surface area contributed by atoms with Crippen LogP contribution in [-0.4, -0.2) is 33.8 Å². The highest BCUT2D eigenvalue weighted by Gasteiger charge is 2.22. The van der Waals surface area contributed by atoms with E-state index >= 15 is 0 Å². The van der Waals surface area contributed by atoms with Crippen molar-refractivity contribution in [2.24, 2.45) is 0 Å². The van der Waals surface area contributed by atoms with Gasteiger partial charge in [-0.3, -0.25) is 10.00 Å². The second kappa shape index (κ2) is 4.11. The van der Waals surface area contributed by atoms with Crippen molar-refractivity contribution in [3.8, 4) is 0 Å². The number of nitrogens with one attached hydrogen (secondary N) is 1. The van der Waals surface area contributed by atoms with Crippen molar-refractivity contribution in [2.75, 3.05) is 13.6 Å². The summed E-state index contributed by atoms with van der Waals surface area (Å²) in [6.45, 7) is 1.19. The summed E-state index contributed by atoms with van der Waals surface area (Å²) in [5, 5.41) is 16.0. The fraction of sp³-hybridized carbons (Fsp3) is 0.700. The first-order chi connectivity index (χ1) is 6.81. The number of rotatable bonds is 2. The number of aromatic amines is 1. The van der Waals surface area contributed by atoms with Gasteiger partial charge in [0.25, 0.3) is 0 Å². The van der Waals surface area contributed by atoms with Crippen LogP contribution in [0.15, 0.2) is 6.07 Å². The molecule has 1 atom stereocenters. The van der Waals surface area contributed by atoms with Gasteiger partial charge in [-0.2, -0.15) is 5.10 Å². The molecule has 1 aromatic rings. The topological polar surface area (TPSA) is 52.1 Å². The van der Waals surface area contributed by atoms with E-state index in [1.807, 2.05) is 6.07 Å². The van der Waals surface area contributed by atoms with Gasteiger partial charge in [0.2, 0.25) is 0 Å². The van der Waals surface area contributed by atoms with Crippen molar-refractivity contribution in [1.82, 2.24) is 15.1 Å². The molecule has 1 saturated heterocycles. The molecule has 4 nitrogen and oxygen atoms in total. The van der Waals surface area contributed by atoms with E-state index in [-0.39, 0.29) is 6.61 Å². The van der Waals surface area contributed by atoms with Gasteiger partial charge in [0.1, 0.15) is 0 Å². The van der Waals surface area contributed by atoms with Crippen LogP contribution in [-0.2, 0) is 6.61 Å². The van der Waals surface area contributed by atoms with Gasteiger partial charge in [0, 0.05) is 0 Å². The zero-order valence-corrected chi connectivity index (χ0v) is 8.53. The summed E-state index contributed by atoms with van der Waals surface area (Å²) >= 11 is 0. The van der Waals surface area contributed by atoms with Gasteiger partial charge in [-0.25, -0.2) is 0 Å². The number of piperidine rings is 1. The molecule has 2 rings (SSSR count). The number of H-pyrrole nitrogens is 1. The van der Waals surface area contributed by atoms with Crippen LogP contribution in [0, 0.1) is 0 Å². The molecule has 78 valence electrons. The highest BCUT2D eigenvalue weighted by atomic mass is 16.3. The minimum absolute atomic E-state index is 0.0451. The second-order valence-electron chi connectivity index (χ2n) is 3.97. The first kappa shape index (κ1) is 9.68. The average Bonchev–Trinajstić information content (AvgIpc) is 2.67. The van der Waals surface area contributed by atoms with Crippen molar-refractivity contribution in [3.63, 3.8) is 0 Å². The van der Waals surface area contributed by atoms with Crippen molar-refractivity contribution < 1.29 is 5.11 Å². The molecule has 0 aliphatic carbocycles. The van der Waals surface area contributed by atoms with Crippen LogP contribution in [0.3, 0.4) is 0 Å². The Morgan fingerprint density at radius 1 is 1.64 bits per heavy atom. The van der Waals surface area contributed by atoms with E-state index in [1.165, 1.54) is 19.3 Å². The Hall–Kier alpha value is -0.870. The lowest BCUT2D eigenvalue weighted by Gasteiger charge is -2.30. The maximum Gasteiger partial charge on any atom is 0.0847 e. The van der Waals surface area contributed by atoms with Crippen molar-refractivity contribution in [2.45, 2.75) is 31.9 Å². The molecule has 2 heterocycles. The quantitative estimate of drug-likeness (QED) is 0.742. The highest BCUT2D eigenvalue weighted by Crippen LogP contribution is 2.28. The summed E-state index contributed by atoms with van der Waals surface area (Å²) in [4.78, 5) is 2.33. The lowest BCUT2D eigenvalue weighted by Crippen LogP contribution is -2.29. The van der Waals surface area contributed by atoms with Gasteiger partial charge >= 0.3 is 0 Å². The Bertz CT molecular complexity index is 297. The van der Waals surface area contributed by atoms with Gasteiger partial charge in [-0.15, -0.1) is 0 Å². The van der Waals surface area contributed by atoms with E-state index in [2.05, 4.69) is 22.1 Å². The number of hydrogen-bond acceptors (Lipinski definition) is 3. The molecule has 0 spiro atoms. The average molecular weight is 195 g/mol. The van der Waals surface area contributed by atoms with E-state index in [4.69, 9.17) is 5.11 Å². The molecule has 1 aliphatic heterocycles. The number of nitrogens with zero attached hydrogens (tertiary/aromatic N) is 2. The predicted molar refractivity (Wildman–Crippen MR) is 53.7 cm³/mol. The van der Waals surface area contributed by atoms with Gasteiger partial charge in [0.15, 0.2) is 0 Å². The van der Waals surface area contributed by atoms with Gasteiger partial charge in [0.05, 0.1) is 24.0 Å². The van der Waals surface area contributed by atoms with Crippen LogP contribution < -0.4 is 0 Å². The lowest BCUT2D eigenvalue weighted by atomic mass is 10.0. The van der Waals surface area contributed by atoms with Gasteiger partial charge in [-0.1, -0.05) is 6.42 Å². The number of aromatic nitrogens is 2. The summed E-state index contributed by atoms with van der Waals surface area (Å²) in [5.74, 6) is 0. The molecule has 1 unspecified atom stereocenters. The highest BCUT2D eigenvalue weighted by molar-refractivity contribution is 5.12. The maximum atomic E-state index is 8.93. The van der Waals surface area contributed by atoms with Crippen molar-refractivity contribution in [1.29, 1.82) is 0 Å². The SMILES string of the molecule is CN1CCCCC1c1cc(CO)[nH]n1. The molecule has 2 N–H and O–H groups in total. The molecule has 0 aromatic carbocycles. The van der Waals surface area contributed by atoms with Crippen LogP contribution >= 0.6 is 0 Å². The Morgan fingerprint density at radius 3 is 3.14 bits per heavy atom. The summed E-state index contributed by atoms with van der Waals surface area (Å²) in [5.41, 5.74) is 1.87. The Morgan fingerprint density at radius 2 is 2.50 bits per heavy atom. The smallest absolute Gasteiger partial charge is 0.0847 e. The van der Waals surface area contributed by atoms with Crippen LogP contribution in [0.2, 0.25) is 0 Å². The molecular weight excluding hydrogens is 178 g/mol. The molecular formula is C10H17N3O. The van der Waals surface area contributed by atoms with Crippen molar-refractivity contribution in [3.05, 3.63) is 17.5 Å².